The lowest BCUT2D eigenvalue weighted by molar-refractivity contribution is -0.385. The molecule has 0 saturated carbocycles. The van der Waals surface area contributed by atoms with Crippen molar-refractivity contribution in [2.75, 3.05) is 5.32 Å². The van der Waals surface area contributed by atoms with Gasteiger partial charge in [0.15, 0.2) is 0 Å². The third kappa shape index (κ3) is 3.52. The second-order valence-electron chi connectivity index (χ2n) is 7.13. The van der Waals surface area contributed by atoms with Crippen molar-refractivity contribution in [1.29, 1.82) is 0 Å². The van der Waals surface area contributed by atoms with Gasteiger partial charge in [-0.25, -0.2) is 9.67 Å². The van der Waals surface area contributed by atoms with E-state index in [9.17, 15) is 14.9 Å². The minimum atomic E-state index is -0.725. The normalized spacial score (nSPS) is 11.2. The Bertz CT molecular complexity index is 1280. The molecular formula is C21H20N6O3. The van der Waals surface area contributed by atoms with Crippen LogP contribution in [0, 0.1) is 10.1 Å². The number of fused-ring (bicyclic) bond motifs is 1. The molecule has 0 radical (unpaired) electrons. The van der Waals surface area contributed by atoms with Crippen LogP contribution >= 0.6 is 0 Å². The van der Waals surface area contributed by atoms with Gasteiger partial charge in [-0.2, -0.15) is 5.10 Å². The van der Waals surface area contributed by atoms with Gasteiger partial charge in [-0.15, -0.1) is 0 Å². The van der Waals surface area contributed by atoms with Crippen molar-refractivity contribution in [3.63, 3.8) is 0 Å². The zero-order valence-corrected chi connectivity index (χ0v) is 16.5. The van der Waals surface area contributed by atoms with Crippen LogP contribution in [0.5, 0.6) is 0 Å². The van der Waals surface area contributed by atoms with E-state index < -0.39 is 16.2 Å². The lowest BCUT2D eigenvalue weighted by atomic mass is 10.1. The van der Waals surface area contributed by atoms with Crippen molar-refractivity contribution in [2.45, 2.75) is 26.3 Å². The number of pyridine rings is 1. The van der Waals surface area contributed by atoms with E-state index in [1.54, 1.807) is 22.9 Å². The van der Waals surface area contributed by atoms with Crippen molar-refractivity contribution in [3.8, 4) is 5.69 Å². The summed E-state index contributed by atoms with van der Waals surface area (Å²) in [6.45, 7) is 4.31. The highest BCUT2D eigenvalue weighted by molar-refractivity contribution is 5.60. The Labute approximate surface area is 171 Å². The van der Waals surface area contributed by atoms with E-state index in [0.717, 1.165) is 21.3 Å². The summed E-state index contributed by atoms with van der Waals surface area (Å²) in [5.74, 6) is 0.0929. The highest BCUT2D eigenvalue weighted by atomic mass is 16.6. The van der Waals surface area contributed by atoms with Crippen LogP contribution in [0.2, 0.25) is 0 Å². The molecule has 9 nitrogen and oxygen atoms in total. The summed E-state index contributed by atoms with van der Waals surface area (Å²) in [7, 11) is 0. The van der Waals surface area contributed by atoms with E-state index in [4.69, 9.17) is 0 Å². The summed E-state index contributed by atoms with van der Waals surface area (Å²) in [5.41, 5.74) is 1.68. The second kappa shape index (κ2) is 7.78. The van der Waals surface area contributed by atoms with Crippen LogP contribution in [0.4, 0.5) is 11.5 Å². The Kier molecular flexibility index (Phi) is 5.01. The number of benzene rings is 1. The molecule has 0 saturated heterocycles. The maximum Gasteiger partial charge on any atom is 0.376 e. The van der Waals surface area contributed by atoms with Crippen LogP contribution in [0.25, 0.3) is 11.3 Å². The first-order valence-electron chi connectivity index (χ1n) is 9.49. The molecule has 0 aliphatic heterocycles. The molecular weight excluding hydrogens is 384 g/mol. The fourth-order valence-corrected chi connectivity index (χ4v) is 3.30. The molecule has 0 spiro atoms. The van der Waals surface area contributed by atoms with Crippen molar-refractivity contribution < 1.29 is 4.92 Å². The number of aromatic nitrogens is 4. The number of hydrogen-bond donors (Lipinski definition) is 1. The van der Waals surface area contributed by atoms with Gasteiger partial charge in [0.05, 0.1) is 16.3 Å². The summed E-state index contributed by atoms with van der Waals surface area (Å²) >= 11 is 0. The van der Waals surface area contributed by atoms with Crippen LogP contribution in [0.3, 0.4) is 0 Å². The van der Waals surface area contributed by atoms with Crippen LogP contribution in [0.1, 0.15) is 31.0 Å². The lowest BCUT2D eigenvalue weighted by Crippen LogP contribution is -2.21. The number of nitro groups is 1. The van der Waals surface area contributed by atoms with Crippen LogP contribution < -0.4 is 10.9 Å². The Morgan fingerprint density at radius 2 is 1.87 bits per heavy atom. The van der Waals surface area contributed by atoms with Gasteiger partial charge in [0.1, 0.15) is 5.65 Å². The van der Waals surface area contributed by atoms with E-state index in [1.807, 2.05) is 50.4 Å². The first kappa shape index (κ1) is 19.3. The first-order chi connectivity index (χ1) is 14.5. The van der Waals surface area contributed by atoms with Gasteiger partial charge < -0.3 is 5.32 Å². The van der Waals surface area contributed by atoms with Crippen molar-refractivity contribution in [1.82, 2.24) is 19.2 Å². The molecule has 0 aliphatic rings. The predicted molar refractivity (Wildman–Crippen MR) is 113 cm³/mol. The molecule has 0 aliphatic carbocycles. The second-order valence-corrected chi connectivity index (χ2v) is 7.13. The molecule has 0 atom stereocenters. The summed E-state index contributed by atoms with van der Waals surface area (Å²) < 4.78 is 2.94. The van der Waals surface area contributed by atoms with Crippen molar-refractivity contribution in [3.05, 3.63) is 92.7 Å². The summed E-state index contributed by atoms with van der Waals surface area (Å²) in [6, 6.07) is 14.7. The minimum Gasteiger partial charge on any atom is -0.360 e. The largest absolute Gasteiger partial charge is 0.376 e. The lowest BCUT2D eigenvalue weighted by Gasteiger charge is -2.09. The number of nitrogens with one attached hydrogen (secondary N) is 1. The average Bonchev–Trinajstić information content (AvgIpc) is 3.17. The van der Waals surface area contributed by atoms with Gasteiger partial charge in [-0.05, 0) is 30.2 Å². The quantitative estimate of drug-likeness (QED) is 0.389. The Morgan fingerprint density at radius 3 is 2.57 bits per heavy atom. The highest BCUT2D eigenvalue weighted by Gasteiger charge is 2.24. The maximum atomic E-state index is 12.6. The molecule has 0 amide bonds. The van der Waals surface area contributed by atoms with Gasteiger partial charge in [0.2, 0.25) is 5.82 Å². The number of rotatable bonds is 6. The molecule has 0 unspecified atom stereocenters. The fraction of sp³-hybridized carbons (Fsp3) is 0.190. The van der Waals surface area contributed by atoms with E-state index in [-0.39, 0.29) is 18.3 Å². The van der Waals surface area contributed by atoms with Crippen molar-refractivity contribution >= 4 is 17.2 Å². The molecule has 3 aromatic heterocycles. The molecule has 9 heteroatoms. The van der Waals surface area contributed by atoms with Crippen LogP contribution in [0.15, 0.2) is 65.7 Å². The molecule has 4 aromatic rings. The molecule has 1 N–H and O–H groups in total. The standard InChI is InChI=1S/C21H20N6O3/c1-14(2)18-15(13-26(24-18)16-8-4-3-5-9-16)12-22-20-19(27(29)30)21(28)25-11-7-6-10-17(25)23-20/h3-11,13-14,22H,12H2,1-2H3. The van der Waals surface area contributed by atoms with Gasteiger partial charge in [-0.3, -0.25) is 19.3 Å². The topological polar surface area (TPSA) is 107 Å². The van der Waals surface area contributed by atoms with E-state index in [0.29, 0.717) is 5.65 Å². The van der Waals surface area contributed by atoms with Gasteiger partial charge in [0.25, 0.3) is 0 Å². The number of para-hydroxylation sites is 1. The van der Waals surface area contributed by atoms with Gasteiger partial charge in [0, 0.05) is 24.5 Å². The third-order valence-corrected chi connectivity index (χ3v) is 4.73. The Balaban J connectivity index is 1.72. The van der Waals surface area contributed by atoms with E-state index >= 15 is 0 Å². The molecule has 0 bridgehead atoms. The van der Waals surface area contributed by atoms with Crippen LogP contribution in [-0.4, -0.2) is 24.1 Å². The molecule has 3 heterocycles. The molecule has 152 valence electrons. The summed E-state index contributed by atoms with van der Waals surface area (Å²) in [6.07, 6.45) is 3.35. The highest BCUT2D eigenvalue weighted by Crippen LogP contribution is 2.23. The SMILES string of the molecule is CC(C)c1nn(-c2ccccc2)cc1CNc1nc2ccccn2c(=O)c1[N+](=O)[O-]. The number of hydrogen-bond acceptors (Lipinski definition) is 6. The molecule has 0 fully saturated rings. The zero-order chi connectivity index (χ0) is 21.3. The summed E-state index contributed by atoms with van der Waals surface area (Å²) in [5, 5.41) is 19.2. The minimum absolute atomic E-state index is 0.0571. The van der Waals surface area contributed by atoms with Crippen LogP contribution in [-0.2, 0) is 6.54 Å². The smallest absolute Gasteiger partial charge is 0.360 e. The molecule has 1 aromatic carbocycles. The number of anilines is 1. The third-order valence-electron chi connectivity index (χ3n) is 4.73. The number of nitrogens with zero attached hydrogens (tertiary/aromatic N) is 5. The van der Waals surface area contributed by atoms with E-state index in [2.05, 4.69) is 15.4 Å². The average molecular weight is 404 g/mol. The molecule has 30 heavy (non-hydrogen) atoms. The zero-order valence-electron chi connectivity index (χ0n) is 16.5. The molecule has 4 rings (SSSR count). The van der Waals surface area contributed by atoms with Gasteiger partial charge in [-0.1, -0.05) is 38.1 Å². The van der Waals surface area contributed by atoms with Gasteiger partial charge >= 0.3 is 11.2 Å². The monoisotopic (exact) mass is 404 g/mol. The Morgan fingerprint density at radius 1 is 1.13 bits per heavy atom. The maximum absolute atomic E-state index is 12.6. The summed E-state index contributed by atoms with van der Waals surface area (Å²) in [4.78, 5) is 27.7. The van der Waals surface area contributed by atoms with E-state index in [1.165, 1.54) is 6.20 Å². The predicted octanol–water partition coefficient (Wildman–Crippen LogP) is 3.52. The first-order valence-corrected chi connectivity index (χ1v) is 9.49. The fourth-order valence-electron chi connectivity index (χ4n) is 3.30. The Hall–Kier alpha value is -4.01. The van der Waals surface area contributed by atoms with Crippen molar-refractivity contribution in [2.24, 2.45) is 0 Å².